The Morgan fingerprint density at radius 2 is 1.82 bits per heavy atom. The van der Waals surface area contributed by atoms with Crippen molar-refractivity contribution in [3.63, 3.8) is 0 Å². The van der Waals surface area contributed by atoms with Gasteiger partial charge in [-0.15, -0.1) is 0 Å². The van der Waals surface area contributed by atoms with Crippen molar-refractivity contribution in [3.05, 3.63) is 66.0 Å². The predicted octanol–water partition coefficient (Wildman–Crippen LogP) is 4.44. The number of benzene rings is 1. The number of hydrogen-bond acceptors (Lipinski definition) is 2. The fourth-order valence-electron chi connectivity index (χ4n) is 3.81. The zero-order valence-corrected chi connectivity index (χ0v) is 13.9. The van der Waals surface area contributed by atoms with Gasteiger partial charge in [-0.3, -0.25) is 9.88 Å². The van der Waals surface area contributed by atoms with Gasteiger partial charge in [-0.2, -0.15) is 0 Å². The van der Waals surface area contributed by atoms with Crippen molar-refractivity contribution >= 4 is 0 Å². The number of rotatable bonds is 6. The van der Waals surface area contributed by atoms with Gasteiger partial charge in [0.2, 0.25) is 0 Å². The van der Waals surface area contributed by atoms with Crippen molar-refractivity contribution in [2.24, 2.45) is 5.92 Å². The predicted molar refractivity (Wildman–Crippen MR) is 91.8 cm³/mol. The van der Waals surface area contributed by atoms with Crippen LogP contribution >= 0.6 is 0 Å². The monoisotopic (exact) mass is 294 g/mol. The van der Waals surface area contributed by atoms with Crippen LogP contribution in [0.1, 0.15) is 43.4 Å². The van der Waals surface area contributed by atoms with Gasteiger partial charge in [-0.25, -0.2) is 0 Å². The van der Waals surface area contributed by atoms with E-state index in [1.807, 2.05) is 12.3 Å². The Labute approximate surface area is 134 Å². The van der Waals surface area contributed by atoms with Gasteiger partial charge >= 0.3 is 0 Å². The van der Waals surface area contributed by atoms with Crippen LogP contribution in [0.4, 0.5) is 0 Å². The van der Waals surface area contributed by atoms with Crippen LogP contribution in [0.2, 0.25) is 0 Å². The van der Waals surface area contributed by atoms with Gasteiger partial charge in [0.25, 0.3) is 0 Å². The van der Waals surface area contributed by atoms with Gasteiger partial charge in [0.15, 0.2) is 0 Å². The van der Waals surface area contributed by atoms with Crippen LogP contribution < -0.4 is 0 Å². The van der Waals surface area contributed by atoms with E-state index in [-0.39, 0.29) is 5.54 Å². The Morgan fingerprint density at radius 1 is 1.09 bits per heavy atom. The number of hydrogen-bond donors (Lipinski definition) is 0. The molecule has 1 fully saturated rings. The molecule has 2 heteroatoms. The molecule has 3 unspecified atom stereocenters. The van der Waals surface area contributed by atoms with Gasteiger partial charge in [0, 0.05) is 6.20 Å². The third kappa shape index (κ3) is 2.80. The number of pyridine rings is 1. The van der Waals surface area contributed by atoms with Crippen LogP contribution in [0, 0.1) is 5.92 Å². The number of aromatic nitrogens is 1. The quantitative estimate of drug-likeness (QED) is 0.783. The molecular formula is C20H26N2. The van der Waals surface area contributed by atoms with E-state index in [0.29, 0.717) is 0 Å². The molecule has 0 bridgehead atoms. The average molecular weight is 294 g/mol. The van der Waals surface area contributed by atoms with E-state index in [2.05, 4.69) is 73.4 Å². The molecule has 0 radical (unpaired) electrons. The fourth-order valence-corrected chi connectivity index (χ4v) is 3.81. The molecule has 0 aliphatic heterocycles. The zero-order valence-electron chi connectivity index (χ0n) is 13.9. The molecule has 3 atom stereocenters. The second kappa shape index (κ2) is 6.21. The molecule has 0 saturated heterocycles. The summed E-state index contributed by atoms with van der Waals surface area (Å²) >= 11 is 0. The smallest absolute Gasteiger partial charge is 0.0628 e. The van der Waals surface area contributed by atoms with E-state index >= 15 is 0 Å². The lowest BCUT2D eigenvalue weighted by molar-refractivity contribution is 0.118. The highest BCUT2D eigenvalue weighted by atomic mass is 15.2. The summed E-state index contributed by atoms with van der Waals surface area (Å²) in [7, 11) is 4.39. The molecule has 116 valence electrons. The van der Waals surface area contributed by atoms with Crippen molar-refractivity contribution in [2.45, 2.75) is 37.6 Å². The summed E-state index contributed by atoms with van der Waals surface area (Å²) in [5.41, 5.74) is 2.76. The van der Waals surface area contributed by atoms with Crippen LogP contribution in [0.3, 0.4) is 0 Å². The Hall–Kier alpha value is -1.67. The van der Waals surface area contributed by atoms with Crippen LogP contribution in [-0.4, -0.2) is 24.0 Å². The maximum Gasteiger partial charge on any atom is 0.0628 e. The second-order valence-corrected chi connectivity index (χ2v) is 6.71. The summed E-state index contributed by atoms with van der Waals surface area (Å²) in [5, 5.41) is 0. The lowest BCUT2D eigenvalue weighted by Gasteiger charge is -2.39. The molecule has 22 heavy (non-hydrogen) atoms. The molecule has 1 aliphatic rings. The maximum atomic E-state index is 4.68. The summed E-state index contributed by atoms with van der Waals surface area (Å²) in [4.78, 5) is 7.05. The standard InChI is InChI=1S/C20H26N2/c1-4-20(22(2)3,19-12-8-9-13-21-19)15-17-14-18(17)16-10-6-5-7-11-16/h5-13,17-18H,4,14-15H2,1-3H3. The van der Waals surface area contributed by atoms with E-state index < -0.39 is 0 Å². The summed E-state index contributed by atoms with van der Waals surface area (Å²) < 4.78 is 0. The van der Waals surface area contributed by atoms with Crippen molar-refractivity contribution in [1.29, 1.82) is 0 Å². The molecular weight excluding hydrogens is 268 g/mol. The lowest BCUT2D eigenvalue weighted by Crippen LogP contribution is -2.42. The van der Waals surface area contributed by atoms with E-state index in [0.717, 1.165) is 18.3 Å². The van der Waals surface area contributed by atoms with E-state index in [1.54, 1.807) is 0 Å². The molecule has 1 aliphatic carbocycles. The first-order valence-electron chi connectivity index (χ1n) is 8.31. The van der Waals surface area contributed by atoms with Gasteiger partial charge < -0.3 is 0 Å². The van der Waals surface area contributed by atoms with Crippen molar-refractivity contribution in [1.82, 2.24) is 9.88 Å². The highest BCUT2D eigenvalue weighted by Gasteiger charge is 2.46. The Kier molecular flexibility index (Phi) is 4.30. The SMILES string of the molecule is CCC(CC1CC1c1ccccc1)(c1ccccn1)N(C)C. The van der Waals surface area contributed by atoms with Crippen molar-refractivity contribution < 1.29 is 0 Å². The molecule has 1 heterocycles. The maximum absolute atomic E-state index is 4.68. The summed E-state index contributed by atoms with van der Waals surface area (Å²) in [6.07, 6.45) is 5.51. The third-order valence-corrected chi connectivity index (χ3v) is 5.33. The second-order valence-electron chi connectivity index (χ2n) is 6.71. The number of nitrogens with zero attached hydrogens (tertiary/aromatic N) is 2. The van der Waals surface area contributed by atoms with Crippen LogP contribution in [0.25, 0.3) is 0 Å². The van der Waals surface area contributed by atoms with Gasteiger partial charge in [-0.1, -0.05) is 43.3 Å². The summed E-state index contributed by atoms with van der Waals surface area (Å²) in [5.74, 6) is 1.50. The zero-order chi connectivity index (χ0) is 15.6. The van der Waals surface area contributed by atoms with Gasteiger partial charge in [-0.05, 0) is 62.9 Å². The summed E-state index contributed by atoms with van der Waals surface area (Å²) in [6.45, 7) is 2.29. The van der Waals surface area contributed by atoms with Gasteiger partial charge in [0.05, 0.1) is 11.2 Å². The molecule has 1 saturated carbocycles. The van der Waals surface area contributed by atoms with E-state index in [4.69, 9.17) is 0 Å². The van der Waals surface area contributed by atoms with E-state index in [9.17, 15) is 0 Å². The molecule has 0 spiro atoms. The van der Waals surface area contributed by atoms with Crippen LogP contribution in [0.15, 0.2) is 54.7 Å². The largest absolute Gasteiger partial charge is 0.298 e. The Morgan fingerprint density at radius 3 is 2.41 bits per heavy atom. The topological polar surface area (TPSA) is 16.1 Å². The van der Waals surface area contributed by atoms with Crippen LogP contribution in [0.5, 0.6) is 0 Å². The van der Waals surface area contributed by atoms with Gasteiger partial charge in [0.1, 0.15) is 0 Å². The average Bonchev–Trinajstić information content (AvgIpc) is 3.33. The molecule has 1 aromatic carbocycles. The molecule has 1 aromatic heterocycles. The van der Waals surface area contributed by atoms with Crippen molar-refractivity contribution in [2.75, 3.05) is 14.1 Å². The highest BCUT2D eigenvalue weighted by molar-refractivity contribution is 5.27. The first-order valence-corrected chi connectivity index (χ1v) is 8.31. The molecule has 2 nitrogen and oxygen atoms in total. The fraction of sp³-hybridized carbons (Fsp3) is 0.450. The normalized spacial score (nSPS) is 23.3. The third-order valence-electron chi connectivity index (χ3n) is 5.33. The lowest BCUT2D eigenvalue weighted by atomic mass is 9.83. The molecule has 3 rings (SSSR count). The Balaban J connectivity index is 1.81. The Bertz CT molecular complexity index is 594. The first kappa shape index (κ1) is 15.2. The molecule has 0 amide bonds. The minimum Gasteiger partial charge on any atom is -0.298 e. The van der Waals surface area contributed by atoms with Crippen molar-refractivity contribution in [3.8, 4) is 0 Å². The van der Waals surface area contributed by atoms with Crippen LogP contribution in [-0.2, 0) is 5.54 Å². The molecule has 0 N–H and O–H groups in total. The minimum atomic E-state index is 0.0510. The first-order chi connectivity index (χ1) is 10.7. The van der Waals surface area contributed by atoms with E-state index in [1.165, 1.54) is 24.1 Å². The summed E-state index contributed by atoms with van der Waals surface area (Å²) in [6, 6.07) is 17.3. The highest BCUT2D eigenvalue weighted by Crippen LogP contribution is 2.54. The minimum absolute atomic E-state index is 0.0510. The molecule has 2 aromatic rings.